The summed E-state index contributed by atoms with van der Waals surface area (Å²) in [5, 5.41) is 13.9. The van der Waals surface area contributed by atoms with Gasteiger partial charge in [0.2, 0.25) is 0 Å². The van der Waals surface area contributed by atoms with Crippen molar-refractivity contribution in [3.63, 3.8) is 0 Å². The molecule has 31 heavy (non-hydrogen) atoms. The molecule has 160 valence electrons. The molecule has 0 unspecified atom stereocenters. The Kier molecular flexibility index (Phi) is 6.28. The van der Waals surface area contributed by atoms with Crippen molar-refractivity contribution in [2.24, 2.45) is 0 Å². The van der Waals surface area contributed by atoms with Crippen molar-refractivity contribution in [1.82, 2.24) is 5.32 Å². The monoisotopic (exact) mass is 421 g/mol. The number of quaternary nitrogens is 1. The quantitative estimate of drug-likeness (QED) is 0.450. The first kappa shape index (κ1) is 20.6. The maximum atomic E-state index is 12.6. The molecule has 0 aliphatic carbocycles. The molecule has 1 amide bonds. The molecule has 1 atom stereocenters. The Labute approximate surface area is 180 Å². The molecule has 0 bridgehead atoms. The number of carbonyl (C=O) groups is 1. The minimum absolute atomic E-state index is 0.0319. The number of furan rings is 1. The van der Waals surface area contributed by atoms with Crippen molar-refractivity contribution in [3.8, 4) is 0 Å². The minimum Gasteiger partial charge on any atom is -0.463 e. The summed E-state index contributed by atoms with van der Waals surface area (Å²) in [5.41, 5.74) is 1.39. The number of hydrogen-bond donors (Lipinski definition) is 2. The van der Waals surface area contributed by atoms with Crippen LogP contribution in [0.5, 0.6) is 0 Å². The number of carbonyl (C=O) groups excluding carboxylic acids is 1. The van der Waals surface area contributed by atoms with Crippen molar-refractivity contribution in [2.75, 3.05) is 37.6 Å². The van der Waals surface area contributed by atoms with E-state index in [1.54, 1.807) is 12.3 Å². The lowest BCUT2D eigenvalue weighted by molar-refractivity contribution is -0.932. The predicted molar refractivity (Wildman–Crippen MR) is 116 cm³/mol. The van der Waals surface area contributed by atoms with Gasteiger partial charge in [-0.25, -0.2) is 0 Å². The predicted octanol–water partition coefficient (Wildman–Crippen LogP) is 2.06. The number of amides is 1. The summed E-state index contributed by atoms with van der Waals surface area (Å²) in [6.07, 6.45) is 1.64. The average molecular weight is 421 g/mol. The summed E-state index contributed by atoms with van der Waals surface area (Å²) in [6.45, 7) is 4.03. The third-order valence-electron chi connectivity index (χ3n) is 5.69. The lowest BCUT2D eigenvalue weighted by Crippen LogP contribution is -3.15. The second-order valence-electron chi connectivity index (χ2n) is 7.57. The van der Waals surface area contributed by atoms with E-state index in [2.05, 4.69) is 22.3 Å². The maximum Gasteiger partial charge on any atom is 0.270 e. The third kappa shape index (κ3) is 4.92. The van der Waals surface area contributed by atoms with E-state index in [1.165, 1.54) is 28.8 Å². The van der Waals surface area contributed by atoms with Crippen LogP contribution in [0.15, 0.2) is 77.4 Å². The van der Waals surface area contributed by atoms with Gasteiger partial charge in [0, 0.05) is 23.4 Å². The Morgan fingerprint density at radius 3 is 2.55 bits per heavy atom. The van der Waals surface area contributed by atoms with Gasteiger partial charge in [0.25, 0.3) is 11.6 Å². The molecular formula is C23H25N4O4+. The van der Waals surface area contributed by atoms with Gasteiger partial charge in [0.15, 0.2) is 11.8 Å². The first-order chi connectivity index (χ1) is 15.1. The number of nitrogens with one attached hydrogen (secondary N) is 2. The van der Waals surface area contributed by atoms with E-state index in [9.17, 15) is 14.9 Å². The van der Waals surface area contributed by atoms with Gasteiger partial charge >= 0.3 is 0 Å². The molecule has 2 heterocycles. The number of benzene rings is 2. The largest absolute Gasteiger partial charge is 0.463 e. The molecular weight excluding hydrogens is 396 g/mol. The summed E-state index contributed by atoms with van der Waals surface area (Å²) in [5.74, 6) is 0.491. The van der Waals surface area contributed by atoms with Crippen molar-refractivity contribution in [1.29, 1.82) is 0 Å². The highest BCUT2D eigenvalue weighted by molar-refractivity contribution is 5.94. The lowest BCUT2D eigenvalue weighted by atomic mass is 10.1. The zero-order chi connectivity index (χ0) is 21.6. The fraction of sp³-hybridized carbons (Fsp3) is 0.261. The van der Waals surface area contributed by atoms with Gasteiger partial charge in [-0.1, -0.05) is 24.3 Å². The number of nitrogens with zero attached hydrogens (tertiary/aromatic N) is 2. The molecule has 2 aromatic carbocycles. The Hall–Kier alpha value is -3.65. The molecule has 0 spiro atoms. The number of nitro groups is 1. The number of para-hydroxylation sites is 1. The van der Waals surface area contributed by atoms with E-state index in [1.807, 2.05) is 30.3 Å². The van der Waals surface area contributed by atoms with Crippen LogP contribution in [0.25, 0.3) is 0 Å². The van der Waals surface area contributed by atoms with Gasteiger partial charge in [-0.3, -0.25) is 14.9 Å². The van der Waals surface area contributed by atoms with Gasteiger partial charge in [-0.2, -0.15) is 0 Å². The number of non-ortho nitro benzene ring substituents is 1. The van der Waals surface area contributed by atoms with E-state index in [-0.39, 0.29) is 23.2 Å². The summed E-state index contributed by atoms with van der Waals surface area (Å²) < 4.78 is 5.67. The highest BCUT2D eigenvalue weighted by Crippen LogP contribution is 2.16. The fourth-order valence-corrected chi connectivity index (χ4v) is 4.03. The molecule has 0 radical (unpaired) electrons. The summed E-state index contributed by atoms with van der Waals surface area (Å²) in [4.78, 5) is 26.8. The van der Waals surface area contributed by atoms with E-state index in [0.717, 1.165) is 31.9 Å². The Balaban J connectivity index is 1.42. The number of rotatable bonds is 7. The molecule has 1 aromatic heterocycles. The number of piperazine rings is 1. The van der Waals surface area contributed by atoms with E-state index >= 15 is 0 Å². The van der Waals surface area contributed by atoms with Gasteiger partial charge in [-0.05, 0) is 30.3 Å². The molecule has 1 aliphatic heterocycles. The second-order valence-corrected chi connectivity index (χ2v) is 7.57. The zero-order valence-corrected chi connectivity index (χ0v) is 17.1. The lowest BCUT2D eigenvalue weighted by Gasteiger charge is -2.37. The van der Waals surface area contributed by atoms with Gasteiger partial charge in [0.1, 0.15) is 0 Å². The standard InChI is InChI=1S/C23H24N4O4/c28-23(18-6-4-9-20(16-18)27(29)30)24-17-21(22-10-5-15-31-22)26-13-11-25(12-14-26)19-7-2-1-3-8-19/h1-10,15-16,21H,11-14,17H2,(H,24,28)/p+1/t21-/m0/s1. The smallest absolute Gasteiger partial charge is 0.270 e. The Morgan fingerprint density at radius 2 is 1.87 bits per heavy atom. The van der Waals surface area contributed by atoms with Crippen LogP contribution in [0.4, 0.5) is 11.4 Å². The molecule has 0 saturated carbocycles. The van der Waals surface area contributed by atoms with Gasteiger partial charge in [-0.15, -0.1) is 0 Å². The van der Waals surface area contributed by atoms with Crippen LogP contribution >= 0.6 is 0 Å². The topological polar surface area (TPSA) is 93.1 Å². The maximum absolute atomic E-state index is 12.6. The summed E-state index contributed by atoms with van der Waals surface area (Å²) >= 11 is 0. The van der Waals surface area contributed by atoms with E-state index in [4.69, 9.17) is 4.42 Å². The molecule has 1 saturated heterocycles. The SMILES string of the molecule is O=C(NC[C@@H](c1ccco1)[NH+]1CCN(c2ccccc2)CC1)c1cccc([N+](=O)[O-])c1. The molecule has 8 heteroatoms. The van der Waals surface area contributed by atoms with Crippen LogP contribution in [0.1, 0.15) is 22.2 Å². The van der Waals surface area contributed by atoms with Crippen molar-refractivity contribution in [2.45, 2.75) is 6.04 Å². The van der Waals surface area contributed by atoms with Crippen LogP contribution in [0.3, 0.4) is 0 Å². The molecule has 4 rings (SSSR count). The minimum atomic E-state index is -0.501. The van der Waals surface area contributed by atoms with Crippen molar-refractivity contribution < 1.29 is 19.0 Å². The number of anilines is 1. The number of hydrogen-bond acceptors (Lipinski definition) is 5. The Morgan fingerprint density at radius 1 is 1.10 bits per heavy atom. The van der Waals surface area contributed by atoms with Crippen LogP contribution in [-0.2, 0) is 0 Å². The van der Waals surface area contributed by atoms with E-state index in [0.29, 0.717) is 6.54 Å². The molecule has 1 aliphatic rings. The van der Waals surface area contributed by atoms with Crippen molar-refractivity contribution in [3.05, 3.63) is 94.4 Å². The van der Waals surface area contributed by atoms with Crippen LogP contribution in [0.2, 0.25) is 0 Å². The zero-order valence-electron chi connectivity index (χ0n) is 17.1. The summed E-state index contributed by atoms with van der Waals surface area (Å²) in [6, 6.07) is 19.9. The van der Waals surface area contributed by atoms with Crippen LogP contribution in [-0.4, -0.2) is 43.6 Å². The average Bonchev–Trinajstić information content (AvgIpc) is 3.35. The fourth-order valence-electron chi connectivity index (χ4n) is 4.03. The summed E-state index contributed by atoms with van der Waals surface area (Å²) in [7, 11) is 0. The number of nitro benzene ring substituents is 1. The van der Waals surface area contributed by atoms with Gasteiger partial charge < -0.3 is 19.5 Å². The normalized spacial score (nSPS) is 15.4. The molecule has 3 aromatic rings. The van der Waals surface area contributed by atoms with Crippen LogP contribution < -0.4 is 15.1 Å². The first-order valence-corrected chi connectivity index (χ1v) is 10.3. The van der Waals surface area contributed by atoms with E-state index < -0.39 is 4.92 Å². The Bertz CT molecular complexity index is 1020. The highest BCUT2D eigenvalue weighted by Gasteiger charge is 2.31. The molecule has 2 N–H and O–H groups in total. The van der Waals surface area contributed by atoms with Gasteiger partial charge in [0.05, 0.1) is 43.9 Å². The highest BCUT2D eigenvalue weighted by atomic mass is 16.6. The first-order valence-electron chi connectivity index (χ1n) is 10.3. The molecule has 8 nitrogen and oxygen atoms in total. The second kappa shape index (κ2) is 9.44. The van der Waals surface area contributed by atoms with Crippen LogP contribution in [0, 0.1) is 10.1 Å². The van der Waals surface area contributed by atoms with Crippen molar-refractivity contribution >= 4 is 17.3 Å². The molecule has 1 fully saturated rings. The third-order valence-corrected chi connectivity index (χ3v) is 5.69.